The number of thiol groups is 1. The fraction of sp³-hybridized carbons (Fsp3) is 0.889. The first-order valence-electron chi connectivity index (χ1n) is 4.47. The first-order chi connectivity index (χ1) is 5.66. The molecule has 0 aromatic rings. The van der Waals surface area contributed by atoms with E-state index in [1.807, 2.05) is 13.8 Å². The predicted molar refractivity (Wildman–Crippen MR) is 53.5 cm³/mol. The van der Waals surface area contributed by atoms with E-state index < -0.39 is 0 Å². The van der Waals surface area contributed by atoms with Crippen molar-refractivity contribution in [2.45, 2.75) is 45.6 Å². The van der Waals surface area contributed by atoms with Crippen molar-refractivity contribution in [2.75, 3.05) is 5.75 Å². The summed E-state index contributed by atoms with van der Waals surface area (Å²) in [6.45, 7) is 3.73. The molecule has 0 N–H and O–H groups in total. The molecule has 0 aromatic heterocycles. The Balaban J connectivity index is 3.20. The number of carbonyl (C=O) groups excluding carboxylic acids is 1. The molecule has 0 saturated heterocycles. The first-order valence-corrected chi connectivity index (χ1v) is 5.10. The maximum atomic E-state index is 11.0. The zero-order valence-corrected chi connectivity index (χ0v) is 8.77. The van der Waals surface area contributed by atoms with Crippen LogP contribution >= 0.6 is 12.6 Å². The van der Waals surface area contributed by atoms with E-state index in [1.165, 1.54) is 0 Å². The lowest BCUT2D eigenvalue weighted by Gasteiger charge is -2.06. The van der Waals surface area contributed by atoms with Crippen LogP contribution in [-0.4, -0.2) is 17.8 Å². The fourth-order valence-corrected chi connectivity index (χ4v) is 1.10. The summed E-state index contributed by atoms with van der Waals surface area (Å²) in [6, 6.07) is 0. The molecule has 0 aromatic carbocycles. The molecule has 0 saturated carbocycles. The minimum absolute atomic E-state index is 0.0161. The van der Waals surface area contributed by atoms with E-state index >= 15 is 0 Å². The quantitative estimate of drug-likeness (QED) is 0.395. The van der Waals surface area contributed by atoms with E-state index in [0.717, 1.165) is 25.0 Å². The van der Waals surface area contributed by atoms with E-state index in [4.69, 9.17) is 4.74 Å². The molecule has 0 bridgehead atoms. The van der Waals surface area contributed by atoms with Gasteiger partial charge in [-0.15, -0.1) is 0 Å². The number of unbranched alkanes of at least 4 members (excludes halogenated alkanes) is 2. The third-order valence-electron chi connectivity index (χ3n) is 1.41. The molecule has 0 fully saturated rings. The van der Waals surface area contributed by atoms with Gasteiger partial charge in [0.05, 0.1) is 6.10 Å². The molecule has 0 aliphatic rings. The summed E-state index contributed by atoms with van der Waals surface area (Å²) in [4.78, 5) is 11.0. The highest BCUT2D eigenvalue weighted by molar-refractivity contribution is 7.80. The summed E-state index contributed by atoms with van der Waals surface area (Å²) in [6.07, 6.45) is 3.63. The number of hydrogen-bond donors (Lipinski definition) is 1. The van der Waals surface area contributed by atoms with Crippen molar-refractivity contribution in [3.05, 3.63) is 0 Å². The van der Waals surface area contributed by atoms with Crippen LogP contribution in [0.25, 0.3) is 0 Å². The van der Waals surface area contributed by atoms with Gasteiger partial charge in [0, 0.05) is 6.42 Å². The smallest absolute Gasteiger partial charge is 0.306 e. The van der Waals surface area contributed by atoms with Gasteiger partial charge in [-0.25, -0.2) is 0 Å². The largest absolute Gasteiger partial charge is 0.463 e. The Kier molecular flexibility index (Phi) is 7.36. The number of esters is 1. The average Bonchev–Trinajstić information content (AvgIpc) is 1.97. The lowest BCUT2D eigenvalue weighted by Crippen LogP contribution is -2.10. The fourth-order valence-electron chi connectivity index (χ4n) is 0.880. The minimum atomic E-state index is -0.0795. The zero-order chi connectivity index (χ0) is 9.40. The molecule has 72 valence electrons. The van der Waals surface area contributed by atoms with Gasteiger partial charge in [-0.2, -0.15) is 12.6 Å². The molecular weight excluding hydrogens is 172 g/mol. The van der Waals surface area contributed by atoms with Crippen molar-refractivity contribution in [3.63, 3.8) is 0 Å². The van der Waals surface area contributed by atoms with Gasteiger partial charge < -0.3 is 4.74 Å². The Morgan fingerprint density at radius 1 is 1.33 bits per heavy atom. The molecule has 0 aliphatic heterocycles. The topological polar surface area (TPSA) is 26.3 Å². The number of hydrogen-bond acceptors (Lipinski definition) is 3. The summed E-state index contributed by atoms with van der Waals surface area (Å²) in [5.41, 5.74) is 0. The van der Waals surface area contributed by atoms with E-state index in [1.54, 1.807) is 0 Å². The molecule has 2 nitrogen and oxygen atoms in total. The number of ether oxygens (including phenoxy) is 1. The van der Waals surface area contributed by atoms with E-state index in [9.17, 15) is 4.79 Å². The van der Waals surface area contributed by atoms with Crippen LogP contribution in [0.3, 0.4) is 0 Å². The highest BCUT2D eigenvalue weighted by Gasteiger charge is 2.03. The summed E-state index contributed by atoms with van der Waals surface area (Å²) < 4.78 is 4.97. The maximum absolute atomic E-state index is 11.0. The van der Waals surface area contributed by atoms with Crippen LogP contribution in [0.5, 0.6) is 0 Å². The van der Waals surface area contributed by atoms with E-state index in [0.29, 0.717) is 6.42 Å². The van der Waals surface area contributed by atoms with E-state index in [2.05, 4.69) is 12.6 Å². The number of rotatable bonds is 6. The normalized spacial score (nSPS) is 10.3. The van der Waals surface area contributed by atoms with Gasteiger partial charge in [-0.3, -0.25) is 4.79 Å². The van der Waals surface area contributed by atoms with Gasteiger partial charge in [-0.05, 0) is 32.4 Å². The monoisotopic (exact) mass is 190 g/mol. The molecular formula is C9H18O2S. The predicted octanol–water partition coefficient (Wildman–Crippen LogP) is 2.43. The van der Waals surface area contributed by atoms with Crippen molar-refractivity contribution in [2.24, 2.45) is 0 Å². The van der Waals surface area contributed by atoms with Crippen molar-refractivity contribution in [3.8, 4) is 0 Å². The van der Waals surface area contributed by atoms with Crippen LogP contribution in [0.2, 0.25) is 0 Å². The molecule has 3 heteroatoms. The number of carbonyl (C=O) groups is 1. The second kappa shape index (κ2) is 7.47. The highest BCUT2D eigenvalue weighted by atomic mass is 32.1. The zero-order valence-electron chi connectivity index (χ0n) is 7.88. The minimum Gasteiger partial charge on any atom is -0.463 e. The molecule has 0 rings (SSSR count). The van der Waals surface area contributed by atoms with Gasteiger partial charge in [0.25, 0.3) is 0 Å². The molecule has 0 atom stereocenters. The Labute approximate surface area is 80.1 Å². The van der Waals surface area contributed by atoms with Crippen molar-refractivity contribution >= 4 is 18.6 Å². The van der Waals surface area contributed by atoms with Crippen LogP contribution in [0, 0.1) is 0 Å². The lowest BCUT2D eigenvalue weighted by molar-refractivity contribution is -0.147. The third kappa shape index (κ3) is 7.92. The second-order valence-electron chi connectivity index (χ2n) is 3.07. The molecule has 0 spiro atoms. The lowest BCUT2D eigenvalue weighted by atomic mass is 10.2. The van der Waals surface area contributed by atoms with Crippen molar-refractivity contribution in [1.82, 2.24) is 0 Å². The Bertz CT molecular complexity index is 124. The van der Waals surface area contributed by atoms with Gasteiger partial charge in [0.15, 0.2) is 0 Å². The van der Waals surface area contributed by atoms with Gasteiger partial charge in [-0.1, -0.05) is 6.42 Å². The van der Waals surface area contributed by atoms with E-state index in [-0.39, 0.29) is 12.1 Å². The maximum Gasteiger partial charge on any atom is 0.306 e. The second-order valence-corrected chi connectivity index (χ2v) is 3.52. The van der Waals surface area contributed by atoms with Crippen LogP contribution in [-0.2, 0) is 9.53 Å². The summed E-state index contributed by atoms with van der Waals surface area (Å²) in [7, 11) is 0. The van der Waals surface area contributed by atoms with Crippen LogP contribution in [0.1, 0.15) is 39.5 Å². The standard InChI is InChI=1S/C9H18O2S/c1-8(2)11-9(10)6-4-3-5-7-12/h8,12H,3-7H2,1-2H3. The van der Waals surface area contributed by atoms with Crippen LogP contribution in [0.15, 0.2) is 0 Å². The van der Waals surface area contributed by atoms with Gasteiger partial charge in [0.1, 0.15) is 0 Å². The Morgan fingerprint density at radius 3 is 2.50 bits per heavy atom. The van der Waals surface area contributed by atoms with Crippen LogP contribution < -0.4 is 0 Å². The SMILES string of the molecule is CC(C)OC(=O)CCCCCS. The molecule has 0 radical (unpaired) electrons. The van der Waals surface area contributed by atoms with Crippen LogP contribution in [0.4, 0.5) is 0 Å². The van der Waals surface area contributed by atoms with Crippen molar-refractivity contribution in [1.29, 1.82) is 0 Å². The summed E-state index contributed by atoms with van der Waals surface area (Å²) >= 11 is 4.08. The summed E-state index contributed by atoms with van der Waals surface area (Å²) in [5, 5.41) is 0. The average molecular weight is 190 g/mol. The Hall–Kier alpha value is -0.180. The first kappa shape index (κ1) is 11.8. The molecule has 0 amide bonds. The van der Waals surface area contributed by atoms with Crippen molar-refractivity contribution < 1.29 is 9.53 Å². The third-order valence-corrected chi connectivity index (χ3v) is 1.72. The Morgan fingerprint density at radius 2 is 2.00 bits per heavy atom. The molecule has 12 heavy (non-hydrogen) atoms. The van der Waals surface area contributed by atoms with Gasteiger partial charge >= 0.3 is 5.97 Å². The molecule has 0 aliphatic carbocycles. The highest BCUT2D eigenvalue weighted by Crippen LogP contribution is 2.03. The van der Waals surface area contributed by atoms with Gasteiger partial charge in [0.2, 0.25) is 0 Å². The molecule has 0 unspecified atom stereocenters. The summed E-state index contributed by atoms with van der Waals surface area (Å²) in [5.74, 6) is 0.823. The molecule has 0 heterocycles.